The lowest BCUT2D eigenvalue weighted by Gasteiger charge is -2.15. The molecule has 7 nitrogen and oxygen atoms in total. The number of nitrogens with two attached hydrogens (primary N) is 1. The number of primary sulfonamides is 1. The number of Topliss-reactive ketones (excluding diaryl/α,β-unsaturated/α-hetero) is 2. The predicted molar refractivity (Wildman–Crippen MR) is 122 cm³/mol. The third-order valence-electron chi connectivity index (χ3n) is 4.03. The fourth-order valence-electron chi connectivity index (χ4n) is 2.72. The molecule has 0 aliphatic carbocycles. The predicted octanol–water partition coefficient (Wildman–Crippen LogP) is 4.21. The Balaban J connectivity index is 0.000000171. The molecule has 2 N–H and O–H groups in total. The molecule has 4 heterocycles. The van der Waals surface area contributed by atoms with Gasteiger partial charge in [-0.05, 0) is 12.1 Å². The topological polar surface area (TPSA) is 128 Å². The Morgan fingerprint density at radius 3 is 1.67 bits per heavy atom. The van der Waals surface area contributed by atoms with Gasteiger partial charge in [0.1, 0.15) is 8.42 Å². The van der Waals surface area contributed by atoms with Gasteiger partial charge in [0.15, 0.2) is 11.6 Å². The summed E-state index contributed by atoms with van der Waals surface area (Å²) in [5.41, 5.74) is 1.01. The summed E-state index contributed by atoms with van der Waals surface area (Å²) in [6.07, 6.45) is 0.911. The number of halogens is 1. The molecule has 2 aromatic heterocycles. The molecule has 0 amide bonds. The maximum Gasteiger partial charge on any atom is 0.270 e. The summed E-state index contributed by atoms with van der Waals surface area (Å²) in [7, 11) is -2.17. The monoisotopic (exact) mass is 545 g/mol. The highest BCUT2D eigenvalue weighted by Gasteiger charge is 2.29. The smallest absolute Gasteiger partial charge is 0.270 e. The molecule has 2 aromatic rings. The van der Waals surface area contributed by atoms with Crippen LogP contribution in [0.3, 0.4) is 0 Å². The van der Waals surface area contributed by atoms with Gasteiger partial charge in [-0.15, -0.1) is 46.2 Å². The van der Waals surface area contributed by atoms with Crippen molar-refractivity contribution >= 4 is 87.5 Å². The number of thioether (sulfide) groups is 2. The fourth-order valence-corrected chi connectivity index (χ4v) is 10.4. The lowest BCUT2D eigenvalue weighted by molar-refractivity contribution is 0.0971. The van der Waals surface area contributed by atoms with Gasteiger partial charge in [0.25, 0.3) is 9.05 Å². The quantitative estimate of drug-likeness (QED) is 0.556. The molecule has 0 radical (unpaired) electrons. The Bertz CT molecular complexity index is 1130. The molecular weight excluding hydrogens is 530 g/mol. The number of thiophene rings is 2. The van der Waals surface area contributed by atoms with Crippen LogP contribution in [0, 0.1) is 0 Å². The second kappa shape index (κ2) is 8.85. The van der Waals surface area contributed by atoms with Gasteiger partial charge in [0.05, 0.1) is 8.42 Å². The van der Waals surface area contributed by atoms with E-state index < -0.39 is 19.1 Å². The number of sulfonamides is 1. The molecule has 164 valence electrons. The van der Waals surface area contributed by atoms with Crippen molar-refractivity contribution in [1.82, 2.24) is 0 Å². The highest BCUT2D eigenvalue weighted by atomic mass is 35.7. The normalized spacial score (nSPS) is 21.5. The van der Waals surface area contributed by atoms with Crippen LogP contribution in [-0.4, -0.2) is 38.9 Å². The van der Waals surface area contributed by atoms with E-state index in [2.05, 4.69) is 0 Å². The summed E-state index contributed by atoms with van der Waals surface area (Å²) in [6.45, 7) is 3.89. The summed E-state index contributed by atoms with van der Waals surface area (Å²) >= 11 is 5.21. The van der Waals surface area contributed by atoms with E-state index in [1.165, 1.54) is 35.7 Å². The van der Waals surface area contributed by atoms with E-state index in [9.17, 15) is 26.4 Å². The standard InChI is InChI=1S/C8H7ClO3S3.C8H9NO3S3/c2*1-4-2-6(10)5-3-7(15(9,11)12)14-8(5)13-4/h3-4H,2H2,1H3;3-4H,2H2,1H3,(H2,9,11,12). The number of rotatable bonds is 2. The van der Waals surface area contributed by atoms with Crippen LogP contribution in [0.15, 0.2) is 29.0 Å². The van der Waals surface area contributed by atoms with Gasteiger partial charge in [-0.25, -0.2) is 22.0 Å². The Labute approximate surface area is 195 Å². The minimum Gasteiger partial charge on any atom is -0.294 e. The molecule has 2 aliphatic rings. The van der Waals surface area contributed by atoms with E-state index in [4.69, 9.17) is 15.8 Å². The van der Waals surface area contributed by atoms with E-state index in [-0.39, 0.29) is 30.5 Å². The molecule has 2 aliphatic heterocycles. The SMILES string of the molecule is CC1CC(=O)c2cc(S(=O)(=O)Cl)sc2S1.CC1CC(=O)c2cc(S(N)(=O)=O)sc2S1. The number of ketones is 2. The third-order valence-corrected chi connectivity index (χ3v) is 12.5. The number of hydrogen-bond donors (Lipinski definition) is 1. The zero-order valence-corrected chi connectivity index (χ0v) is 21.2. The van der Waals surface area contributed by atoms with E-state index in [1.54, 1.807) is 0 Å². The lowest BCUT2D eigenvalue weighted by atomic mass is 10.1. The van der Waals surface area contributed by atoms with Gasteiger partial charge in [0.2, 0.25) is 10.0 Å². The van der Waals surface area contributed by atoms with Crippen molar-refractivity contribution in [3.63, 3.8) is 0 Å². The molecule has 0 aromatic carbocycles. The Hall–Kier alpha value is -0.410. The minimum atomic E-state index is -3.71. The molecule has 0 saturated heterocycles. The van der Waals surface area contributed by atoms with Crippen molar-refractivity contribution in [3.05, 3.63) is 23.3 Å². The van der Waals surface area contributed by atoms with Crippen molar-refractivity contribution < 1.29 is 26.4 Å². The molecule has 2 unspecified atom stereocenters. The van der Waals surface area contributed by atoms with Crippen LogP contribution in [0.5, 0.6) is 0 Å². The highest BCUT2D eigenvalue weighted by Crippen LogP contribution is 2.43. The molecule has 30 heavy (non-hydrogen) atoms. The third kappa shape index (κ3) is 5.49. The van der Waals surface area contributed by atoms with E-state index in [0.717, 1.165) is 31.1 Å². The Kier molecular flexibility index (Phi) is 7.15. The largest absolute Gasteiger partial charge is 0.294 e. The Morgan fingerprint density at radius 1 is 0.867 bits per heavy atom. The number of carbonyl (C=O) groups excluding carboxylic acids is 2. The van der Waals surface area contributed by atoms with E-state index >= 15 is 0 Å². The zero-order valence-electron chi connectivity index (χ0n) is 15.6. The number of carbonyl (C=O) groups is 2. The maximum atomic E-state index is 11.6. The number of fused-ring (bicyclic) bond motifs is 2. The molecule has 0 spiro atoms. The van der Waals surface area contributed by atoms with E-state index in [1.807, 2.05) is 13.8 Å². The second-order valence-electron chi connectivity index (χ2n) is 6.63. The average Bonchev–Trinajstić information content (AvgIpc) is 3.18. The van der Waals surface area contributed by atoms with Crippen LogP contribution in [0.4, 0.5) is 0 Å². The van der Waals surface area contributed by atoms with Crippen molar-refractivity contribution in [2.45, 2.75) is 54.0 Å². The molecule has 0 saturated carbocycles. The first-order valence-corrected chi connectivity index (χ1v) is 15.7. The van der Waals surface area contributed by atoms with Gasteiger partial charge in [-0.3, -0.25) is 9.59 Å². The molecule has 0 fully saturated rings. The lowest BCUT2D eigenvalue weighted by Crippen LogP contribution is -2.12. The summed E-state index contributed by atoms with van der Waals surface area (Å²) in [4.78, 5) is 23.2. The van der Waals surface area contributed by atoms with Crippen molar-refractivity contribution in [3.8, 4) is 0 Å². The maximum absolute atomic E-state index is 11.6. The van der Waals surface area contributed by atoms with Gasteiger partial charge >= 0.3 is 0 Å². The summed E-state index contributed by atoms with van der Waals surface area (Å²) < 4.78 is 46.1. The first-order chi connectivity index (χ1) is 13.8. The van der Waals surface area contributed by atoms with Crippen LogP contribution >= 0.6 is 56.9 Å². The number of hydrogen-bond acceptors (Lipinski definition) is 10. The highest BCUT2D eigenvalue weighted by molar-refractivity contribution is 8.15. The van der Waals surface area contributed by atoms with E-state index in [0.29, 0.717) is 24.0 Å². The van der Waals surface area contributed by atoms with Crippen LogP contribution in [0.25, 0.3) is 0 Å². The van der Waals surface area contributed by atoms with Crippen molar-refractivity contribution in [2.75, 3.05) is 0 Å². The minimum absolute atomic E-state index is 0.000864. The summed E-state index contributed by atoms with van der Waals surface area (Å²) in [5, 5.41) is 5.42. The van der Waals surface area contributed by atoms with Gasteiger partial charge in [-0.2, -0.15) is 0 Å². The molecule has 14 heteroatoms. The summed E-state index contributed by atoms with van der Waals surface area (Å²) in [5.74, 6) is 0.00136. The zero-order chi connectivity index (χ0) is 22.4. The van der Waals surface area contributed by atoms with Crippen LogP contribution in [-0.2, 0) is 19.1 Å². The van der Waals surface area contributed by atoms with Gasteiger partial charge < -0.3 is 0 Å². The van der Waals surface area contributed by atoms with Gasteiger partial charge in [0, 0.05) is 45.2 Å². The molecular formula is C16H16ClNO6S6. The van der Waals surface area contributed by atoms with Crippen LogP contribution in [0.1, 0.15) is 47.4 Å². The van der Waals surface area contributed by atoms with Gasteiger partial charge in [-0.1, -0.05) is 13.8 Å². The van der Waals surface area contributed by atoms with Crippen LogP contribution < -0.4 is 5.14 Å². The van der Waals surface area contributed by atoms with Crippen molar-refractivity contribution in [2.24, 2.45) is 5.14 Å². The molecule has 0 bridgehead atoms. The molecule has 4 rings (SSSR count). The van der Waals surface area contributed by atoms with Crippen LogP contribution in [0.2, 0.25) is 0 Å². The average molecular weight is 546 g/mol. The first kappa shape index (κ1) is 24.2. The first-order valence-electron chi connectivity index (χ1n) is 8.40. The van der Waals surface area contributed by atoms with Crippen molar-refractivity contribution in [1.29, 1.82) is 0 Å². The summed E-state index contributed by atoms with van der Waals surface area (Å²) in [6, 6.07) is 2.76. The second-order valence-corrected chi connectivity index (χ2v) is 16.7. The fraction of sp³-hybridized carbons (Fsp3) is 0.375. The molecule has 2 atom stereocenters. The Morgan fingerprint density at radius 2 is 1.27 bits per heavy atom.